The molecular weight excluding hydrogens is 236 g/mol. The van der Waals surface area contributed by atoms with Crippen LogP contribution < -0.4 is 10.2 Å². The molecule has 0 aromatic carbocycles. The van der Waals surface area contributed by atoms with E-state index in [2.05, 4.69) is 9.72 Å². The van der Waals surface area contributed by atoms with Gasteiger partial charge in [-0.15, -0.1) is 0 Å². The fraction of sp³-hybridized carbons (Fsp3) is 0.583. The highest BCUT2D eigenvalue weighted by atomic mass is 19.1. The second kappa shape index (κ2) is 4.21. The molecule has 0 saturated carbocycles. The normalized spacial score (nSPS) is 24.3. The van der Waals surface area contributed by atoms with E-state index in [1.165, 1.54) is 6.20 Å². The van der Waals surface area contributed by atoms with Crippen LogP contribution in [0.25, 0.3) is 0 Å². The van der Waals surface area contributed by atoms with Crippen molar-refractivity contribution in [3.05, 3.63) is 18.1 Å². The standard InChI is InChI=1S/C12H17BFNO3/c1-11(2)12(3,4)18-13(17-11)8-6-9(14)10(16-5)15-7-8/h6-7H,1-5H3/i5D3. The molecule has 1 aromatic rings. The summed E-state index contributed by atoms with van der Waals surface area (Å²) in [7, 11) is -3.52. The monoisotopic (exact) mass is 256 g/mol. The molecular formula is C12H17BFNO3. The van der Waals surface area contributed by atoms with Crippen LogP contribution in [0.5, 0.6) is 5.88 Å². The molecule has 1 saturated heterocycles. The second-order valence-electron chi connectivity index (χ2n) is 5.25. The molecule has 1 aliphatic heterocycles. The molecule has 2 heterocycles. The van der Waals surface area contributed by atoms with Crippen molar-refractivity contribution in [3.63, 3.8) is 0 Å². The smallest absolute Gasteiger partial charge is 0.479 e. The van der Waals surface area contributed by atoms with Gasteiger partial charge >= 0.3 is 7.12 Å². The average molecular weight is 256 g/mol. The molecule has 4 nitrogen and oxygen atoms in total. The first kappa shape index (κ1) is 9.75. The van der Waals surface area contributed by atoms with Crippen molar-refractivity contribution in [2.75, 3.05) is 7.04 Å². The van der Waals surface area contributed by atoms with E-state index in [4.69, 9.17) is 13.4 Å². The summed E-state index contributed by atoms with van der Waals surface area (Å²) in [5.41, 5.74) is -0.742. The van der Waals surface area contributed by atoms with Crippen LogP contribution in [0.2, 0.25) is 0 Å². The minimum Gasteiger partial charge on any atom is -0.479 e. The van der Waals surface area contributed by atoms with Gasteiger partial charge in [0.15, 0.2) is 5.82 Å². The Morgan fingerprint density at radius 1 is 1.33 bits per heavy atom. The van der Waals surface area contributed by atoms with Crippen LogP contribution >= 0.6 is 0 Å². The molecule has 0 amide bonds. The van der Waals surface area contributed by atoms with Gasteiger partial charge in [-0.05, 0) is 33.8 Å². The Morgan fingerprint density at radius 2 is 1.94 bits per heavy atom. The summed E-state index contributed by atoms with van der Waals surface area (Å²) >= 11 is 0. The molecule has 1 aliphatic rings. The minimum atomic E-state index is -2.75. The Kier molecular flexibility index (Phi) is 2.28. The molecule has 2 rings (SSSR count). The molecule has 6 heteroatoms. The van der Waals surface area contributed by atoms with E-state index in [1.807, 2.05) is 27.7 Å². The molecule has 0 bridgehead atoms. The lowest BCUT2D eigenvalue weighted by molar-refractivity contribution is 0.00578. The fourth-order valence-corrected chi connectivity index (χ4v) is 1.62. The summed E-state index contributed by atoms with van der Waals surface area (Å²) in [4.78, 5) is 3.69. The summed E-state index contributed by atoms with van der Waals surface area (Å²) in [5, 5.41) is 0. The quantitative estimate of drug-likeness (QED) is 0.752. The lowest BCUT2D eigenvalue weighted by Crippen LogP contribution is -2.41. The number of aromatic nitrogens is 1. The first-order valence-corrected chi connectivity index (χ1v) is 5.61. The van der Waals surface area contributed by atoms with Crippen molar-refractivity contribution in [2.45, 2.75) is 38.9 Å². The van der Waals surface area contributed by atoms with E-state index < -0.39 is 37.1 Å². The Balaban J connectivity index is 2.22. The summed E-state index contributed by atoms with van der Waals surface area (Å²) < 4.78 is 50.7. The van der Waals surface area contributed by atoms with Gasteiger partial charge in [0.05, 0.1) is 22.4 Å². The summed E-state index contributed by atoms with van der Waals surface area (Å²) in [6.07, 6.45) is 1.28. The van der Waals surface area contributed by atoms with Crippen molar-refractivity contribution in [3.8, 4) is 5.88 Å². The van der Waals surface area contributed by atoms with Gasteiger partial charge in [-0.3, -0.25) is 0 Å². The van der Waals surface area contributed by atoms with Gasteiger partial charge < -0.3 is 14.0 Å². The van der Waals surface area contributed by atoms with Crippen molar-refractivity contribution < 1.29 is 22.5 Å². The Hall–Kier alpha value is -1.14. The zero-order valence-electron chi connectivity index (χ0n) is 13.8. The van der Waals surface area contributed by atoms with Crippen molar-refractivity contribution in [1.82, 2.24) is 4.98 Å². The zero-order chi connectivity index (χ0) is 16.1. The highest BCUT2D eigenvalue weighted by molar-refractivity contribution is 6.62. The number of methoxy groups -OCH3 is 1. The van der Waals surface area contributed by atoms with Gasteiger partial charge in [0, 0.05) is 11.7 Å². The molecule has 1 fully saturated rings. The van der Waals surface area contributed by atoms with Crippen LogP contribution in [-0.2, 0) is 9.31 Å². The minimum absolute atomic E-state index is 0.365. The first-order chi connectivity index (χ1) is 9.41. The van der Waals surface area contributed by atoms with E-state index in [0.717, 1.165) is 6.07 Å². The van der Waals surface area contributed by atoms with Crippen molar-refractivity contribution >= 4 is 12.6 Å². The van der Waals surface area contributed by atoms with Crippen molar-refractivity contribution in [1.29, 1.82) is 0 Å². The van der Waals surface area contributed by atoms with Gasteiger partial charge in [0.1, 0.15) is 0 Å². The number of hydrogen-bond donors (Lipinski definition) is 0. The molecule has 0 N–H and O–H groups in total. The number of pyridine rings is 1. The van der Waals surface area contributed by atoms with Crippen LogP contribution in [0.15, 0.2) is 12.3 Å². The Bertz CT molecular complexity index is 535. The van der Waals surface area contributed by atoms with Gasteiger partial charge in [0.25, 0.3) is 0 Å². The number of nitrogens with zero attached hydrogens (tertiary/aromatic N) is 1. The first-order valence-electron chi connectivity index (χ1n) is 7.11. The van der Waals surface area contributed by atoms with E-state index in [0.29, 0.717) is 5.46 Å². The van der Waals surface area contributed by atoms with Gasteiger partial charge in [0.2, 0.25) is 5.88 Å². The molecule has 0 spiro atoms. The SMILES string of the molecule is [2H]C([2H])([2H])Oc1ncc(B2OC(C)(C)C(C)(C)O2)cc1F. The van der Waals surface area contributed by atoms with Crippen molar-refractivity contribution in [2.24, 2.45) is 0 Å². The maximum atomic E-state index is 13.9. The molecule has 0 unspecified atom stereocenters. The largest absolute Gasteiger partial charge is 0.496 e. The van der Waals surface area contributed by atoms with Crippen LogP contribution in [0.4, 0.5) is 4.39 Å². The number of rotatable bonds is 2. The third-order valence-electron chi connectivity index (χ3n) is 3.45. The lowest BCUT2D eigenvalue weighted by atomic mass is 9.80. The molecule has 0 radical (unpaired) electrons. The molecule has 1 aromatic heterocycles. The van der Waals surface area contributed by atoms with Crippen LogP contribution in [-0.4, -0.2) is 30.3 Å². The van der Waals surface area contributed by atoms with Gasteiger partial charge in [-0.2, -0.15) is 0 Å². The fourth-order valence-electron chi connectivity index (χ4n) is 1.62. The molecule has 0 aliphatic carbocycles. The predicted octanol–water partition coefficient (Wildman–Crippen LogP) is 1.53. The maximum Gasteiger partial charge on any atom is 0.496 e. The van der Waals surface area contributed by atoms with Crippen LogP contribution in [0, 0.1) is 5.82 Å². The van der Waals surface area contributed by atoms with E-state index in [1.54, 1.807) is 0 Å². The number of halogens is 1. The Morgan fingerprint density at radius 3 is 2.44 bits per heavy atom. The number of hydrogen-bond acceptors (Lipinski definition) is 4. The average Bonchev–Trinajstić information content (AvgIpc) is 2.49. The van der Waals surface area contributed by atoms with E-state index in [9.17, 15) is 4.39 Å². The molecule has 98 valence electrons. The lowest BCUT2D eigenvalue weighted by Gasteiger charge is -2.32. The molecule has 18 heavy (non-hydrogen) atoms. The van der Waals surface area contributed by atoms with Gasteiger partial charge in [-0.1, -0.05) is 0 Å². The summed E-state index contributed by atoms with van der Waals surface area (Å²) in [6, 6.07) is 1.11. The van der Waals surface area contributed by atoms with E-state index >= 15 is 0 Å². The second-order valence-corrected chi connectivity index (χ2v) is 5.25. The van der Waals surface area contributed by atoms with Crippen LogP contribution in [0.1, 0.15) is 31.8 Å². The molecule has 0 atom stereocenters. The topological polar surface area (TPSA) is 40.6 Å². The zero-order valence-corrected chi connectivity index (χ0v) is 10.8. The van der Waals surface area contributed by atoms with Gasteiger partial charge in [-0.25, -0.2) is 9.37 Å². The summed E-state index contributed by atoms with van der Waals surface area (Å²) in [5.74, 6) is -1.45. The third-order valence-corrected chi connectivity index (χ3v) is 3.45. The predicted molar refractivity (Wildman–Crippen MR) is 66.5 cm³/mol. The number of ether oxygens (including phenoxy) is 1. The Labute approximate surface area is 111 Å². The third kappa shape index (κ3) is 2.10. The maximum absolute atomic E-state index is 13.9. The highest BCUT2D eigenvalue weighted by Crippen LogP contribution is 2.36. The van der Waals surface area contributed by atoms with E-state index in [-0.39, 0.29) is 0 Å². The van der Waals surface area contributed by atoms with Crippen LogP contribution in [0.3, 0.4) is 0 Å². The summed E-state index contributed by atoms with van der Waals surface area (Å²) in [6.45, 7) is 7.51. The highest BCUT2D eigenvalue weighted by Gasteiger charge is 2.51.